The van der Waals surface area contributed by atoms with Crippen LogP contribution in [-0.4, -0.2) is 38.8 Å². The van der Waals surface area contributed by atoms with E-state index < -0.39 is 10.0 Å². The summed E-state index contributed by atoms with van der Waals surface area (Å²) >= 11 is 0. The third-order valence-corrected chi connectivity index (χ3v) is 6.48. The number of hydrogen-bond donors (Lipinski definition) is 1. The first-order valence-corrected chi connectivity index (χ1v) is 10.1. The Kier molecular flexibility index (Phi) is 6.62. The Balaban J connectivity index is 2.25. The van der Waals surface area contributed by atoms with Crippen LogP contribution in [-0.2, 0) is 10.0 Å². The topological polar surface area (TPSA) is 75.7 Å². The number of benzene rings is 2. The molecule has 1 unspecified atom stereocenters. The number of amides is 1. The summed E-state index contributed by atoms with van der Waals surface area (Å²) in [5.41, 5.74) is 1.13. The molecular formula is C20H26N2O4S. The van der Waals surface area contributed by atoms with E-state index in [0.29, 0.717) is 5.75 Å². The Bertz CT molecular complexity index is 910. The number of para-hydroxylation sites is 1. The molecule has 2 aromatic rings. The summed E-state index contributed by atoms with van der Waals surface area (Å²) in [6, 6.07) is 13.0. The lowest BCUT2D eigenvalue weighted by molar-refractivity contribution is 0.0939. The van der Waals surface area contributed by atoms with Crippen molar-refractivity contribution in [2.24, 2.45) is 0 Å². The van der Waals surface area contributed by atoms with E-state index >= 15 is 0 Å². The summed E-state index contributed by atoms with van der Waals surface area (Å²) in [7, 11) is -0.552. The van der Waals surface area contributed by atoms with E-state index in [1.54, 1.807) is 33.1 Å². The molecule has 7 heteroatoms. The van der Waals surface area contributed by atoms with Gasteiger partial charge < -0.3 is 10.1 Å². The molecule has 0 heterocycles. The molecule has 0 aliphatic carbocycles. The normalized spacial score (nSPS) is 12.9. The lowest BCUT2D eigenvalue weighted by atomic mass is 10.1. The van der Waals surface area contributed by atoms with Gasteiger partial charge in [-0.1, -0.05) is 24.3 Å². The molecule has 0 bridgehead atoms. The number of rotatable bonds is 7. The number of nitrogens with one attached hydrogen (secondary N) is 1. The van der Waals surface area contributed by atoms with Gasteiger partial charge in [-0.05, 0) is 45.0 Å². The summed E-state index contributed by atoms with van der Waals surface area (Å²) in [6.45, 7) is 5.44. The quantitative estimate of drug-likeness (QED) is 0.788. The molecule has 0 aliphatic rings. The van der Waals surface area contributed by atoms with Gasteiger partial charge in [0.25, 0.3) is 5.91 Å². The fourth-order valence-corrected chi connectivity index (χ4v) is 4.04. The zero-order chi connectivity index (χ0) is 20.2. The summed E-state index contributed by atoms with van der Waals surface area (Å²) < 4.78 is 31.9. The molecule has 1 atom stereocenters. The summed E-state index contributed by atoms with van der Waals surface area (Å²) in [4.78, 5) is 12.7. The van der Waals surface area contributed by atoms with E-state index in [0.717, 1.165) is 5.56 Å². The van der Waals surface area contributed by atoms with Gasteiger partial charge >= 0.3 is 0 Å². The molecule has 27 heavy (non-hydrogen) atoms. The van der Waals surface area contributed by atoms with Gasteiger partial charge in [0.2, 0.25) is 10.0 Å². The number of carbonyl (C=O) groups excluding carboxylic acids is 1. The highest BCUT2D eigenvalue weighted by atomic mass is 32.2. The zero-order valence-corrected chi connectivity index (χ0v) is 17.1. The standard InChI is InChI=1S/C20H26N2O4S/c1-14(2)22(4)27(24,25)17-10-8-9-16(13-17)20(23)21-15(3)18-11-6-7-12-19(18)26-5/h6-15H,1-5H3,(H,21,23). The predicted molar refractivity (Wildman–Crippen MR) is 105 cm³/mol. The molecule has 6 nitrogen and oxygen atoms in total. The minimum absolute atomic E-state index is 0.0938. The van der Waals surface area contributed by atoms with Crippen LogP contribution >= 0.6 is 0 Å². The van der Waals surface area contributed by atoms with Crippen LogP contribution in [0.3, 0.4) is 0 Å². The summed E-state index contributed by atoms with van der Waals surface area (Å²) in [5, 5.41) is 2.89. The van der Waals surface area contributed by atoms with Gasteiger partial charge in [0.05, 0.1) is 18.0 Å². The molecule has 0 saturated heterocycles. The second-order valence-corrected chi connectivity index (χ2v) is 8.58. The van der Waals surface area contributed by atoms with Crippen molar-refractivity contribution in [2.45, 2.75) is 37.8 Å². The van der Waals surface area contributed by atoms with E-state index in [1.807, 2.05) is 31.2 Å². The summed E-state index contributed by atoms with van der Waals surface area (Å²) in [5.74, 6) is 0.331. The fourth-order valence-electron chi connectivity index (χ4n) is 2.62. The van der Waals surface area contributed by atoms with Crippen molar-refractivity contribution in [1.29, 1.82) is 0 Å². The molecular weight excluding hydrogens is 364 g/mol. The maximum absolute atomic E-state index is 12.7. The number of ether oxygens (including phenoxy) is 1. The van der Waals surface area contributed by atoms with Crippen molar-refractivity contribution < 1.29 is 17.9 Å². The molecule has 146 valence electrons. The van der Waals surface area contributed by atoms with E-state index in [9.17, 15) is 13.2 Å². The van der Waals surface area contributed by atoms with Crippen molar-refractivity contribution in [3.8, 4) is 5.75 Å². The zero-order valence-electron chi connectivity index (χ0n) is 16.3. The SMILES string of the molecule is COc1ccccc1C(C)NC(=O)c1cccc(S(=O)(=O)N(C)C(C)C)c1. The number of hydrogen-bond acceptors (Lipinski definition) is 4. The Morgan fingerprint density at radius 2 is 1.74 bits per heavy atom. The minimum atomic E-state index is -3.65. The fraction of sp³-hybridized carbons (Fsp3) is 0.350. The van der Waals surface area contributed by atoms with Crippen molar-refractivity contribution in [3.05, 3.63) is 59.7 Å². The molecule has 0 saturated carbocycles. The Hall–Kier alpha value is -2.38. The average Bonchev–Trinajstić information content (AvgIpc) is 2.67. The maximum atomic E-state index is 12.7. The van der Waals surface area contributed by atoms with E-state index in [-0.39, 0.29) is 28.4 Å². The van der Waals surface area contributed by atoms with Gasteiger partial charge in [-0.3, -0.25) is 4.79 Å². The first kappa shape index (κ1) is 20.9. The largest absolute Gasteiger partial charge is 0.496 e. The number of methoxy groups -OCH3 is 1. The van der Waals surface area contributed by atoms with Crippen LogP contribution in [0.2, 0.25) is 0 Å². The van der Waals surface area contributed by atoms with Crippen LogP contribution < -0.4 is 10.1 Å². The second-order valence-electron chi connectivity index (χ2n) is 6.58. The molecule has 2 rings (SSSR count). The maximum Gasteiger partial charge on any atom is 0.251 e. The summed E-state index contributed by atoms with van der Waals surface area (Å²) in [6.07, 6.45) is 0. The molecule has 0 aromatic heterocycles. The predicted octanol–water partition coefficient (Wildman–Crippen LogP) is 3.22. The van der Waals surface area contributed by atoms with Crippen LogP contribution in [0, 0.1) is 0 Å². The number of nitrogens with zero attached hydrogens (tertiary/aromatic N) is 1. The molecule has 2 aromatic carbocycles. The van der Waals surface area contributed by atoms with Gasteiger partial charge in [-0.2, -0.15) is 4.31 Å². The molecule has 1 N–H and O–H groups in total. The van der Waals surface area contributed by atoms with Crippen LogP contribution in [0.5, 0.6) is 5.75 Å². The van der Waals surface area contributed by atoms with Crippen LogP contribution in [0.1, 0.15) is 42.7 Å². The van der Waals surface area contributed by atoms with Gasteiger partial charge in [-0.25, -0.2) is 8.42 Å². The molecule has 0 fully saturated rings. The van der Waals surface area contributed by atoms with Gasteiger partial charge in [0.1, 0.15) is 5.75 Å². The molecule has 0 aliphatic heterocycles. The molecule has 0 spiro atoms. The Morgan fingerprint density at radius 3 is 2.37 bits per heavy atom. The Morgan fingerprint density at radius 1 is 1.07 bits per heavy atom. The molecule has 1 amide bonds. The van der Waals surface area contributed by atoms with Crippen molar-refractivity contribution in [2.75, 3.05) is 14.2 Å². The smallest absolute Gasteiger partial charge is 0.251 e. The molecule has 0 radical (unpaired) electrons. The lowest BCUT2D eigenvalue weighted by Gasteiger charge is -2.21. The average molecular weight is 391 g/mol. The van der Waals surface area contributed by atoms with E-state index in [2.05, 4.69) is 5.32 Å². The third kappa shape index (κ3) is 4.67. The highest BCUT2D eigenvalue weighted by molar-refractivity contribution is 7.89. The Labute approximate surface area is 161 Å². The first-order chi connectivity index (χ1) is 12.7. The van der Waals surface area contributed by atoms with Crippen LogP contribution in [0.25, 0.3) is 0 Å². The van der Waals surface area contributed by atoms with Crippen molar-refractivity contribution in [1.82, 2.24) is 9.62 Å². The third-order valence-electron chi connectivity index (χ3n) is 4.45. The monoisotopic (exact) mass is 390 g/mol. The van der Waals surface area contributed by atoms with Crippen molar-refractivity contribution in [3.63, 3.8) is 0 Å². The highest BCUT2D eigenvalue weighted by Gasteiger charge is 2.24. The minimum Gasteiger partial charge on any atom is -0.496 e. The van der Waals surface area contributed by atoms with E-state index in [4.69, 9.17) is 4.74 Å². The lowest BCUT2D eigenvalue weighted by Crippen LogP contribution is -2.33. The second kappa shape index (κ2) is 8.54. The van der Waals surface area contributed by atoms with Crippen LogP contribution in [0.4, 0.5) is 0 Å². The number of carbonyl (C=O) groups is 1. The van der Waals surface area contributed by atoms with Gasteiger partial charge in [0, 0.05) is 24.2 Å². The van der Waals surface area contributed by atoms with Crippen molar-refractivity contribution >= 4 is 15.9 Å². The number of sulfonamides is 1. The van der Waals surface area contributed by atoms with E-state index in [1.165, 1.54) is 23.5 Å². The van der Waals surface area contributed by atoms with Gasteiger partial charge in [0.15, 0.2) is 0 Å². The van der Waals surface area contributed by atoms with Crippen LogP contribution in [0.15, 0.2) is 53.4 Å². The first-order valence-electron chi connectivity index (χ1n) is 8.70. The van der Waals surface area contributed by atoms with Gasteiger partial charge in [-0.15, -0.1) is 0 Å². The highest BCUT2D eigenvalue weighted by Crippen LogP contribution is 2.25.